The Morgan fingerprint density at radius 1 is 1.62 bits per heavy atom. The molecule has 1 fully saturated rings. The molecule has 0 bridgehead atoms. The summed E-state index contributed by atoms with van der Waals surface area (Å²) >= 11 is 8.19. The lowest BCUT2D eigenvalue weighted by atomic mass is 10.2. The molecule has 88 valence electrons. The first-order valence-corrected chi connectivity index (χ1v) is 7.24. The van der Waals surface area contributed by atoms with Gasteiger partial charge in [-0.05, 0) is 44.3 Å². The number of Topliss-reactive ketones (excluding diaryl/α,β-unsaturated/α-hetero) is 1. The number of carbonyl (C=O) groups is 1. The van der Waals surface area contributed by atoms with E-state index in [4.69, 9.17) is 9.47 Å². The maximum atomic E-state index is 11.8. The molecule has 3 nitrogen and oxygen atoms in total. The number of hydrogen-bond acceptors (Lipinski definition) is 4. The third-order valence-corrected chi connectivity index (χ3v) is 4.63. The zero-order chi connectivity index (χ0) is 11.5. The molecule has 0 aliphatic carbocycles. The number of thiophene rings is 1. The Labute approximate surface area is 114 Å². The van der Waals surface area contributed by atoms with Gasteiger partial charge in [0.15, 0.2) is 5.78 Å². The number of rotatable bonds is 4. The smallest absolute Gasteiger partial charge is 0.190 e. The minimum atomic E-state index is 0.000671. The predicted octanol–water partition coefficient (Wildman–Crippen LogP) is 3.26. The molecular formula is C10H10Br2O3S. The van der Waals surface area contributed by atoms with Gasteiger partial charge in [-0.15, -0.1) is 11.3 Å². The van der Waals surface area contributed by atoms with Crippen molar-refractivity contribution in [2.75, 3.05) is 19.8 Å². The van der Waals surface area contributed by atoms with Crippen LogP contribution in [0.2, 0.25) is 0 Å². The lowest BCUT2D eigenvalue weighted by molar-refractivity contribution is 0.0390. The van der Waals surface area contributed by atoms with Gasteiger partial charge in [0.1, 0.15) is 6.61 Å². The van der Waals surface area contributed by atoms with Crippen molar-refractivity contribution in [3.8, 4) is 0 Å². The van der Waals surface area contributed by atoms with E-state index in [0.29, 0.717) is 12.2 Å². The van der Waals surface area contributed by atoms with Gasteiger partial charge in [-0.25, -0.2) is 0 Å². The first-order valence-electron chi connectivity index (χ1n) is 4.84. The normalized spacial score (nSPS) is 20.2. The van der Waals surface area contributed by atoms with Crippen molar-refractivity contribution in [3.05, 3.63) is 19.2 Å². The summed E-state index contributed by atoms with van der Waals surface area (Å²) in [5.41, 5.74) is 0.677. The van der Waals surface area contributed by atoms with Crippen molar-refractivity contribution in [1.82, 2.24) is 0 Å². The van der Waals surface area contributed by atoms with Crippen LogP contribution in [0.3, 0.4) is 0 Å². The lowest BCUT2D eigenvalue weighted by Crippen LogP contribution is -2.18. The van der Waals surface area contributed by atoms with Crippen LogP contribution in [-0.4, -0.2) is 31.7 Å². The molecule has 0 amide bonds. The molecule has 0 N–H and O–H groups in total. The van der Waals surface area contributed by atoms with Crippen LogP contribution in [0.4, 0.5) is 0 Å². The van der Waals surface area contributed by atoms with Crippen LogP contribution in [0.15, 0.2) is 13.6 Å². The highest BCUT2D eigenvalue weighted by molar-refractivity contribution is 9.12. The van der Waals surface area contributed by atoms with Crippen molar-refractivity contribution in [2.24, 2.45) is 0 Å². The van der Waals surface area contributed by atoms with Crippen LogP contribution in [0.5, 0.6) is 0 Å². The van der Waals surface area contributed by atoms with Crippen LogP contribution in [0.25, 0.3) is 0 Å². The Morgan fingerprint density at radius 3 is 3.00 bits per heavy atom. The first kappa shape index (κ1) is 12.7. The molecule has 0 radical (unpaired) electrons. The van der Waals surface area contributed by atoms with Crippen molar-refractivity contribution in [3.63, 3.8) is 0 Å². The Balaban J connectivity index is 1.90. The molecule has 6 heteroatoms. The Kier molecular flexibility index (Phi) is 4.55. The van der Waals surface area contributed by atoms with Crippen LogP contribution in [0, 0.1) is 0 Å². The fourth-order valence-corrected chi connectivity index (χ4v) is 4.30. The quantitative estimate of drug-likeness (QED) is 0.764. The fourth-order valence-electron chi connectivity index (χ4n) is 1.45. The van der Waals surface area contributed by atoms with Gasteiger partial charge in [0.2, 0.25) is 0 Å². The Bertz CT molecular complexity index is 385. The van der Waals surface area contributed by atoms with E-state index >= 15 is 0 Å². The largest absolute Gasteiger partial charge is 0.379 e. The number of hydrogen-bond donors (Lipinski definition) is 0. The maximum absolute atomic E-state index is 11.8. The van der Waals surface area contributed by atoms with E-state index in [1.54, 1.807) is 0 Å². The standard InChI is InChI=1S/C10H10Br2O3S/c11-9-3-7(10(12)16-9)8(13)5-15-6-1-2-14-4-6/h3,6H,1-2,4-5H2. The summed E-state index contributed by atoms with van der Waals surface area (Å²) in [6, 6.07) is 1.81. The van der Waals surface area contributed by atoms with Gasteiger partial charge in [0, 0.05) is 12.2 Å². The van der Waals surface area contributed by atoms with Crippen molar-refractivity contribution >= 4 is 49.0 Å². The van der Waals surface area contributed by atoms with E-state index in [1.165, 1.54) is 11.3 Å². The molecule has 0 saturated carbocycles. The molecule has 2 heterocycles. The van der Waals surface area contributed by atoms with E-state index in [2.05, 4.69) is 31.9 Å². The second-order valence-corrected chi connectivity index (χ2v) is 7.21. The predicted molar refractivity (Wildman–Crippen MR) is 69.2 cm³/mol. The molecular weight excluding hydrogens is 360 g/mol. The average Bonchev–Trinajstić information content (AvgIpc) is 2.84. The highest BCUT2D eigenvalue weighted by Gasteiger charge is 2.19. The van der Waals surface area contributed by atoms with Gasteiger partial charge in [0.05, 0.1) is 20.3 Å². The molecule has 16 heavy (non-hydrogen) atoms. The topological polar surface area (TPSA) is 35.5 Å². The summed E-state index contributed by atoms with van der Waals surface area (Å²) in [6.07, 6.45) is 0.951. The molecule has 1 aromatic heterocycles. The molecule has 2 rings (SSSR count). The molecule has 0 aromatic carbocycles. The number of halogens is 2. The van der Waals surface area contributed by atoms with E-state index < -0.39 is 0 Å². The van der Waals surface area contributed by atoms with E-state index in [0.717, 1.165) is 20.6 Å². The zero-order valence-corrected chi connectivity index (χ0v) is 12.4. The number of carbonyl (C=O) groups excluding carboxylic acids is 1. The molecule has 1 saturated heterocycles. The SMILES string of the molecule is O=C(COC1CCOC1)c1cc(Br)sc1Br. The highest BCUT2D eigenvalue weighted by atomic mass is 79.9. The van der Waals surface area contributed by atoms with E-state index in [9.17, 15) is 4.79 Å². The van der Waals surface area contributed by atoms with Crippen molar-refractivity contribution in [1.29, 1.82) is 0 Å². The van der Waals surface area contributed by atoms with Gasteiger partial charge in [-0.1, -0.05) is 0 Å². The van der Waals surface area contributed by atoms with Crippen LogP contribution < -0.4 is 0 Å². The molecule has 1 aliphatic rings. The maximum Gasteiger partial charge on any atom is 0.190 e. The third kappa shape index (κ3) is 3.13. The molecule has 1 atom stereocenters. The molecule has 1 aliphatic heterocycles. The van der Waals surface area contributed by atoms with Gasteiger partial charge in [-0.3, -0.25) is 4.79 Å². The third-order valence-electron chi connectivity index (χ3n) is 2.30. The van der Waals surface area contributed by atoms with E-state index in [-0.39, 0.29) is 18.5 Å². The first-order chi connectivity index (χ1) is 7.66. The minimum absolute atomic E-state index is 0.000671. The average molecular weight is 370 g/mol. The highest BCUT2D eigenvalue weighted by Crippen LogP contribution is 2.32. The molecule has 1 aromatic rings. The monoisotopic (exact) mass is 368 g/mol. The molecule has 1 unspecified atom stereocenters. The minimum Gasteiger partial charge on any atom is -0.379 e. The van der Waals surface area contributed by atoms with Crippen molar-refractivity contribution < 1.29 is 14.3 Å². The summed E-state index contributed by atoms with van der Waals surface area (Å²) in [4.78, 5) is 11.8. The zero-order valence-electron chi connectivity index (χ0n) is 8.37. The summed E-state index contributed by atoms with van der Waals surface area (Å²) in [6.45, 7) is 1.45. The number of ether oxygens (including phenoxy) is 2. The van der Waals surface area contributed by atoms with E-state index in [1.807, 2.05) is 6.07 Å². The lowest BCUT2D eigenvalue weighted by Gasteiger charge is -2.08. The van der Waals surface area contributed by atoms with Crippen LogP contribution >= 0.6 is 43.2 Å². The Morgan fingerprint density at radius 2 is 2.44 bits per heavy atom. The second-order valence-electron chi connectivity index (χ2n) is 3.46. The van der Waals surface area contributed by atoms with Gasteiger partial charge in [0.25, 0.3) is 0 Å². The summed E-state index contributed by atoms with van der Waals surface area (Å²) in [7, 11) is 0. The molecule has 0 spiro atoms. The van der Waals surface area contributed by atoms with Crippen LogP contribution in [-0.2, 0) is 9.47 Å². The van der Waals surface area contributed by atoms with Gasteiger partial charge >= 0.3 is 0 Å². The van der Waals surface area contributed by atoms with Crippen molar-refractivity contribution in [2.45, 2.75) is 12.5 Å². The second kappa shape index (κ2) is 5.73. The van der Waals surface area contributed by atoms with Gasteiger partial charge in [-0.2, -0.15) is 0 Å². The summed E-state index contributed by atoms with van der Waals surface area (Å²) in [5, 5.41) is 0. The fraction of sp³-hybridized carbons (Fsp3) is 0.500. The Hall–Kier alpha value is 0.250. The van der Waals surface area contributed by atoms with Gasteiger partial charge < -0.3 is 9.47 Å². The summed E-state index contributed by atoms with van der Waals surface area (Å²) in [5.74, 6) is 0.000671. The number of ketones is 1. The summed E-state index contributed by atoms with van der Waals surface area (Å²) < 4.78 is 12.4. The van der Waals surface area contributed by atoms with Crippen LogP contribution in [0.1, 0.15) is 16.8 Å².